The van der Waals surface area contributed by atoms with E-state index in [0.717, 1.165) is 28.9 Å². The van der Waals surface area contributed by atoms with Crippen LogP contribution in [-0.4, -0.2) is 21.3 Å². The van der Waals surface area contributed by atoms with Crippen LogP contribution in [0.15, 0.2) is 59.5 Å². The maximum atomic E-state index is 12.5. The summed E-state index contributed by atoms with van der Waals surface area (Å²) in [6.45, 7) is 4.10. The van der Waals surface area contributed by atoms with Gasteiger partial charge in [-0.1, -0.05) is 70.4 Å². The van der Waals surface area contributed by atoms with E-state index < -0.39 is 11.2 Å². The van der Waals surface area contributed by atoms with E-state index in [1.54, 1.807) is 36.4 Å². The molecule has 4 nitrogen and oxygen atoms in total. The minimum atomic E-state index is -0.998. The molecule has 0 saturated heterocycles. The number of phenolic OH excluding ortho intramolecular Hbond substituents is 1. The number of anilines is 1. The van der Waals surface area contributed by atoms with Gasteiger partial charge in [-0.25, -0.2) is 0 Å². The minimum Gasteiger partial charge on any atom is -0.611 e. The van der Waals surface area contributed by atoms with Gasteiger partial charge >= 0.3 is 0 Å². The zero-order chi connectivity index (χ0) is 23.9. The number of amides is 1. The van der Waals surface area contributed by atoms with Crippen LogP contribution in [0.5, 0.6) is 5.75 Å². The Labute approximate surface area is 202 Å². The fourth-order valence-corrected chi connectivity index (χ4v) is 4.85. The molecule has 2 N–H and O–H groups in total. The van der Waals surface area contributed by atoms with Crippen molar-refractivity contribution in [2.45, 2.75) is 83.0 Å². The van der Waals surface area contributed by atoms with Crippen molar-refractivity contribution in [2.75, 3.05) is 11.1 Å². The Morgan fingerprint density at radius 2 is 1.42 bits per heavy atom. The van der Waals surface area contributed by atoms with Gasteiger partial charge in [-0.05, 0) is 78.5 Å². The quantitative estimate of drug-likeness (QED) is 0.161. The monoisotopic (exact) mass is 469 g/mol. The van der Waals surface area contributed by atoms with Crippen molar-refractivity contribution >= 4 is 28.3 Å². The summed E-state index contributed by atoms with van der Waals surface area (Å²) in [6, 6.07) is 14.0. The third-order valence-electron chi connectivity index (χ3n) is 5.74. The molecule has 5 heteroatoms. The number of hydrogen-bond donors (Lipinski definition) is 2. The van der Waals surface area contributed by atoms with Crippen LogP contribution >= 0.6 is 0 Å². The van der Waals surface area contributed by atoms with Crippen LogP contribution in [0, 0.1) is 0 Å². The van der Waals surface area contributed by atoms with Crippen molar-refractivity contribution in [1.82, 2.24) is 0 Å². The number of allylic oxidation sites excluding steroid dienone is 1. The number of phenols is 1. The highest BCUT2D eigenvalue weighted by Gasteiger charge is 2.11. The first kappa shape index (κ1) is 27.0. The maximum absolute atomic E-state index is 12.5. The lowest BCUT2D eigenvalue weighted by Gasteiger charge is -2.11. The maximum Gasteiger partial charge on any atom is 0.248 e. The molecule has 2 rings (SSSR count). The molecular weight excluding hydrogens is 430 g/mol. The van der Waals surface area contributed by atoms with E-state index >= 15 is 0 Å². The average molecular weight is 470 g/mol. The summed E-state index contributed by atoms with van der Waals surface area (Å²) < 4.78 is 12.5. The van der Waals surface area contributed by atoms with Crippen LogP contribution in [0.1, 0.15) is 83.6 Å². The van der Waals surface area contributed by atoms with Crippen molar-refractivity contribution < 1.29 is 14.5 Å². The summed E-state index contributed by atoms with van der Waals surface area (Å²) >= 11 is -0.998. The molecular formula is C28H39NO3S. The second-order valence-electron chi connectivity index (χ2n) is 8.62. The highest BCUT2D eigenvalue weighted by atomic mass is 32.2. The Hall–Kier alpha value is -2.24. The number of aromatic hydroxyl groups is 1. The Morgan fingerprint density at radius 3 is 2.00 bits per heavy atom. The molecule has 0 radical (unpaired) electrons. The zero-order valence-electron chi connectivity index (χ0n) is 20.1. The van der Waals surface area contributed by atoms with Crippen LogP contribution in [0.3, 0.4) is 0 Å². The summed E-state index contributed by atoms with van der Waals surface area (Å²) in [4.78, 5) is 13.1. The van der Waals surface area contributed by atoms with E-state index in [1.165, 1.54) is 57.4 Å². The lowest BCUT2D eigenvalue weighted by molar-refractivity contribution is -0.111. The third kappa shape index (κ3) is 11.0. The smallest absolute Gasteiger partial charge is 0.248 e. The molecule has 1 atom stereocenters. The molecule has 2 aromatic rings. The largest absolute Gasteiger partial charge is 0.611 e. The normalized spacial score (nSPS) is 12.5. The highest BCUT2D eigenvalue weighted by molar-refractivity contribution is 7.91. The molecule has 0 bridgehead atoms. The van der Waals surface area contributed by atoms with E-state index in [2.05, 4.69) is 12.2 Å². The summed E-state index contributed by atoms with van der Waals surface area (Å²) in [7, 11) is 0. The summed E-state index contributed by atoms with van der Waals surface area (Å²) in [6.07, 6.45) is 14.2. The van der Waals surface area contributed by atoms with Gasteiger partial charge in [0.25, 0.3) is 0 Å². The second kappa shape index (κ2) is 15.6. The van der Waals surface area contributed by atoms with E-state index in [4.69, 9.17) is 0 Å². The Kier molecular flexibility index (Phi) is 12.7. The van der Waals surface area contributed by atoms with Gasteiger partial charge in [-0.3, -0.25) is 4.79 Å². The van der Waals surface area contributed by atoms with Crippen LogP contribution in [-0.2, 0) is 16.0 Å². The molecule has 0 aliphatic rings. The lowest BCUT2D eigenvalue weighted by atomic mass is 10.1. The van der Waals surface area contributed by atoms with Gasteiger partial charge < -0.3 is 15.0 Å². The van der Waals surface area contributed by atoms with Crippen molar-refractivity contribution in [3.8, 4) is 5.75 Å². The van der Waals surface area contributed by atoms with Gasteiger partial charge in [0.2, 0.25) is 5.91 Å². The molecule has 0 fully saturated rings. The van der Waals surface area contributed by atoms with Crippen molar-refractivity contribution in [3.63, 3.8) is 0 Å². The SMILES string of the molecule is CCCCCCCCCCCC[S+]([O-])c1ccc(NC(=O)C=C(C)c2ccc(O)cc2)cc1. The molecule has 0 aliphatic carbocycles. The molecule has 2 aromatic carbocycles. The summed E-state index contributed by atoms with van der Waals surface area (Å²) in [5, 5.41) is 12.2. The number of carbonyl (C=O) groups is 1. The third-order valence-corrected chi connectivity index (χ3v) is 7.20. The van der Waals surface area contributed by atoms with Crippen molar-refractivity contribution in [1.29, 1.82) is 0 Å². The predicted molar refractivity (Wildman–Crippen MR) is 140 cm³/mol. The van der Waals surface area contributed by atoms with Gasteiger partial charge in [0.1, 0.15) is 11.5 Å². The van der Waals surface area contributed by atoms with E-state index in [1.807, 2.05) is 19.1 Å². The van der Waals surface area contributed by atoms with Crippen LogP contribution in [0.2, 0.25) is 0 Å². The van der Waals surface area contributed by atoms with Gasteiger partial charge in [-0.2, -0.15) is 0 Å². The van der Waals surface area contributed by atoms with Gasteiger partial charge in [0.15, 0.2) is 4.90 Å². The van der Waals surface area contributed by atoms with Gasteiger partial charge in [-0.15, -0.1) is 0 Å². The Morgan fingerprint density at radius 1 is 0.879 bits per heavy atom. The predicted octanol–water partition coefficient (Wildman–Crippen LogP) is 7.46. The van der Waals surface area contributed by atoms with Crippen LogP contribution in [0.4, 0.5) is 5.69 Å². The minimum absolute atomic E-state index is 0.196. The molecule has 0 aliphatic heterocycles. The van der Waals surface area contributed by atoms with E-state index in [0.29, 0.717) is 11.4 Å². The molecule has 180 valence electrons. The number of hydrogen-bond acceptors (Lipinski definition) is 3. The number of unbranched alkanes of at least 4 members (excludes halogenated alkanes) is 9. The van der Waals surface area contributed by atoms with Crippen molar-refractivity contribution in [2.24, 2.45) is 0 Å². The molecule has 0 heterocycles. The molecule has 0 spiro atoms. The Bertz CT molecular complexity index is 846. The van der Waals surface area contributed by atoms with E-state index in [-0.39, 0.29) is 11.7 Å². The fraction of sp³-hybridized carbons (Fsp3) is 0.464. The van der Waals surface area contributed by atoms with Crippen LogP contribution < -0.4 is 5.32 Å². The number of rotatable bonds is 15. The molecule has 1 unspecified atom stereocenters. The first-order valence-corrected chi connectivity index (χ1v) is 13.6. The molecule has 1 amide bonds. The van der Waals surface area contributed by atoms with Crippen molar-refractivity contribution in [3.05, 3.63) is 60.2 Å². The Balaban J connectivity index is 1.67. The topological polar surface area (TPSA) is 72.4 Å². The first-order valence-electron chi connectivity index (χ1n) is 12.3. The summed E-state index contributed by atoms with van der Waals surface area (Å²) in [5.74, 6) is 0.665. The fourth-order valence-electron chi connectivity index (χ4n) is 3.71. The molecule has 0 aromatic heterocycles. The number of nitrogens with one attached hydrogen (secondary N) is 1. The number of carbonyl (C=O) groups excluding carboxylic acids is 1. The van der Waals surface area contributed by atoms with Gasteiger partial charge in [0, 0.05) is 11.8 Å². The van der Waals surface area contributed by atoms with E-state index in [9.17, 15) is 14.5 Å². The molecule has 0 saturated carbocycles. The number of benzene rings is 2. The standard InChI is InChI=1S/C28H39NO3S/c1-3-4-5-6-7-8-9-10-11-12-21-33(32)27-19-15-25(16-20-27)29-28(31)22-23(2)24-13-17-26(30)18-14-24/h13-20,22,30H,3-12,21H2,1-2H3,(H,29,31). The molecule has 33 heavy (non-hydrogen) atoms. The summed E-state index contributed by atoms with van der Waals surface area (Å²) in [5.41, 5.74) is 2.36. The highest BCUT2D eigenvalue weighted by Crippen LogP contribution is 2.20. The second-order valence-corrected chi connectivity index (χ2v) is 10.2. The zero-order valence-corrected chi connectivity index (χ0v) is 21.0. The lowest BCUT2D eigenvalue weighted by Crippen LogP contribution is -2.10. The average Bonchev–Trinajstić information content (AvgIpc) is 2.81. The first-order chi connectivity index (χ1) is 16.0. The van der Waals surface area contributed by atoms with Gasteiger partial charge in [0.05, 0.1) is 0 Å². The van der Waals surface area contributed by atoms with Crippen LogP contribution in [0.25, 0.3) is 5.57 Å².